The molecule has 0 amide bonds. The first-order valence-electron chi connectivity index (χ1n) is 7.05. The van der Waals surface area contributed by atoms with Crippen molar-refractivity contribution in [2.75, 3.05) is 0 Å². The minimum atomic E-state index is -0.0254. The third-order valence-corrected chi connectivity index (χ3v) is 5.01. The van der Waals surface area contributed by atoms with Gasteiger partial charge in [-0.1, -0.05) is 32.1 Å². The van der Waals surface area contributed by atoms with Gasteiger partial charge in [-0.2, -0.15) is 5.26 Å². The average molecular weight is 335 g/mol. The SMILES string of the molecule is C=C1CCCCC1([CH2-])CCC1(C#N)CCCC1.[Br-].[Mg+2]. The molecule has 2 saturated carbocycles. The van der Waals surface area contributed by atoms with Crippen molar-refractivity contribution in [2.45, 2.75) is 64.2 Å². The second-order valence-corrected chi connectivity index (χ2v) is 6.19. The second kappa shape index (κ2) is 8.05. The van der Waals surface area contributed by atoms with Gasteiger partial charge in [-0.15, -0.1) is 17.6 Å². The molecular weight excluding hydrogens is 310 g/mol. The molecule has 0 aromatic heterocycles. The number of hydrogen-bond acceptors (Lipinski definition) is 1. The molecule has 0 aromatic carbocycles. The molecule has 0 heterocycles. The predicted octanol–water partition coefficient (Wildman–Crippen LogP) is 1.42. The zero-order valence-corrected chi connectivity index (χ0v) is 15.0. The van der Waals surface area contributed by atoms with Crippen molar-refractivity contribution in [3.63, 3.8) is 0 Å². The minimum Gasteiger partial charge on any atom is -1.00 e. The van der Waals surface area contributed by atoms with Crippen LogP contribution in [0.4, 0.5) is 0 Å². The van der Waals surface area contributed by atoms with E-state index in [9.17, 15) is 5.26 Å². The van der Waals surface area contributed by atoms with Gasteiger partial charge in [0.1, 0.15) is 0 Å². The van der Waals surface area contributed by atoms with Crippen LogP contribution in [0, 0.1) is 29.1 Å². The van der Waals surface area contributed by atoms with E-state index < -0.39 is 0 Å². The van der Waals surface area contributed by atoms with Crippen LogP contribution in [-0.4, -0.2) is 23.1 Å². The smallest absolute Gasteiger partial charge is 1.00 e. The predicted molar refractivity (Wildman–Crippen MR) is 76.9 cm³/mol. The van der Waals surface area contributed by atoms with Gasteiger partial charge >= 0.3 is 23.1 Å². The summed E-state index contributed by atoms with van der Waals surface area (Å²) in [6.07, 6.45) is 11.7. The molecule has 1 unspecified atom stereocenters. The van der Waals surface area contributed by atoms with Gasteiger partial charge in [0.25, 0.3) is 0 Å². The second-order valence-electron chi connectivity index (χ2n) is 6.19. The Hall–Kier alpha value is 0.476. The van der Waals surface area contributed by atoms with Gasteiger partial charge in [0.05, 0.1) is 11.5 Å². The Balaban J connectivity index is 0.00000162. The van der Waals surface area contributed by atoms with E-state index in [1.165, 1.54) is 37.7 Å². The van der Waals surface area contributed by atoms with Crippen LogP contribution in [-0.2, 0) is 0 Å². The standard InChI is InChI=1S/C16H24N.BrH.Mg/c1-14-7-3-4-8-15(14,2)11-12-16(13-17)9-5-6-10-16;;/h1-12H2;1H;/q-1;;+2/p-1. The zero-order chi connectivity index (χ0) is 12.4. The summed E-state index contributed by atoms with van der Waals surface area (Å²) in [5, 5.41) is 9.40. The molecule has 102 valence electrons. The van der Waals surface area contributed by atoms with Gasteiger partial charge in [0, 0.05) is 0 Å². The Morgan fingerprint density at radius 2 is 1.68 bits per heavy atom. The van der Waals surface area contributed by atoms with Crippen molar-refractivity contribution in [2.24, 2.45) is 10.8 Å². The van der Waals surface area contributed by atoms with Gasteiger partial charge < -0.3 is 23.9 Å². The number of nitriles is 1. The third kappa shape index (κ3) is 4.48. The summed E-state index contributed by atoms with van der Waals surface area (Å²) in [7, 11) is 0. The Bertz CT molecular complexity index is 341. The molecule has 0 aromatic rings. The maximum atomic E-state index is 9.40. The number of halogens is 1. The summed E-state index contributed by atoms with van der Waals surface area (Å²) < 4.78 is 0. The molecule has 19 heavy (non-hydrogen) atoms. The fourth-order valence-electron chi connectivity index (χ4n) is 3.49. The summed E-state index contributed by atoms with van der Waals surface area (Å²) >= 11 is 0. The molecule has 0 N–H and O–H groups in total. The van der Waals surface area contributed by atoms with Crippen LogP contribution in [0.5, 0.6) is 0 Å². The number of allylic oxidation sites excluding steroid dienone is 1. The summed E-state index contributed by atoms with van der Waals surface area (Å²) in [6, 6.07) is 2.59. The van der Waals surface area contributed by atoms with Crippen molar-refractivity contribution in [3.05, 3.63) is 19.1 Å². The molecule has 0 radical (unpaired) electrons. The van der Waals surface area contributed by atoms with E-state index in [1.54, 1.807) is 0 Å². The van der Waals surface area contributed by atoms with Crippen LogP contribution in [0.2, 0.25) is 0 Å². The summed E-state index contributed by atoms with van der Waals surface area (Å²) in [6.45, 7) is 8.64. The van der Waals surface area contributed by atoms with E-state index in [2.05, 4.69) is 19.6 Å². The summed E-state index contributed by atoms with van der Waals surface area (Å²) in [5.74, 6) is 0. The van der Waals surface area contributed by atoms with Crippen LogP contribution in [0.1, 0.15) is 64.2 Å². The monoisotopic (exact) mass is 333 g/mol. The quantitative estimate of drug-likeness (QED) is 0.435. The van der Waals surface area contributed by atoms with Crippen molar-refractivity contribution < 1.29 is 17.0 Å². The first-order valence-corrected chi connectivity index (χ1v) is 7.05. The van der Waals surface area contributed by atoms with Crippen molar-refractivity contribution >= 4 is 23.1 Å². The van der Waals surface area contributed by atoms with Crippen LogP contribution in [0.15, 0.2) is 12.2 Å². The number of hydrogen-bond donors (Lipinski definition) is 0. The molecule has 0 aliphatic heterocycles. The molecule has 2 fully saturated rings. The fourth-order valence-corrected chi connectivity index (χ4v) is 3.49. The Labute approximate surface area is 145 Å². The minimum absolute atomic E-state index is 0. The molecule has 2 aliphatic carbocycles. The van der Waals surface area contributed by atoms with Crippen molar-refractivity contribution in [1.29, 1.82) is 5.26 Å². The zero-order valence-electron chi connectivity index (χ0n) is 12.0. The van der Waals surface area contributed by atoms with Gasteiger partial charge in [0.2, 0.25) is 0 Å². The molecule has 2 rings (SSSR count). The van der Waals surface area contributed by atoms with Gasteiger partial charge in [-0.3, -0.25) is 0 Å². The van der Waals surface area contributed by atoms with Gasteiger partial charge in [-0.05, 0) is 32.1 Å². The third-order valence-electron chi connectivity index (χ3n) is 5.01. The van der Waals surface area contributed by atoms with E-state index >= 15 is 0 Å². The Morgan fingerprint density at radius 3 is 2.21 bits per heavy atom. The van der Waals surface area contributed by atoms with Gasteiger partial charge in [0.15, 0.2) is 0 Å². The fraction of sp³-hybridized carbons (Fsp3) is 0.750. The largest absolute Gasteiger partial charge is 2.00 e. The Morgan fingerprint density at radius 1 is 1.11 bits per heavy atom. The Kier molecular flexibility index (Phi) is 8.25. The topological polar surface area (TPSA) is 23.8 Å². The molecule has 1 nitrogen and oxygen atoms in total. The number of rotatable bonds is 3. The van der Waals surface area contributed by atoms with E-state index in [4.69, 9.17) is 0 Å². The normalized spacial score (nSPS) is 28.9. The van der Waals surface area contributed by atoms with Crippen molar-refractivity contribution in [1.82, 2.24) is 0 Å². The van der Waals surface area contributed by atoms with Crippen LogP contribution in [0.3, 0.4) is 0 Å². The molecular formula is C16H24BrMgN. The average Bonchev–Trinajstić information content (AvgIpc) is 2.81. The van der Waals surface area contributed by atoms with Crippen LogP contribution in [0.25, 0.3) is 0 Å². The van der Waals surface area contributed by atoms with E-state index in [-0.39, 0.29) is 50.9 Å². The molecule has 0 spiro atoms. The van der Waals surface area contributed by atoms with Crippen molar-refractivity contribution in [3.8, 4) is 6.07 Å². The molecule has 2 aliphatic rings. The summed E-state index contributed by atoms with van der Waals surface area (Å²) in [5.41, 5.74) is 1.38. The van der Waals surface area contributed by atoms with Crippen LogP contribution >= 0.6 is 0 Å². The first kappa shape index (κ1) is 19.5. The maximum Gasteiger partial charge on any atom is 2.00 e. The molecule has 0 saturated heterocycles. The van der Waals surface area contributed by atoms with E-state index in [0.29, 0.717) is 0 Å². The number of nitrogens with zero attached hydrogens (tertiary/aromatic N) is 1. The van der Waals surface area contributed by atoms with E-state index in [0.717, 1.165) is 32.1 Å². The van der Waals surface area contributed by atoms with E-state index in [1.807, 2.05) is 0 Å². The molecule has 0 bridgehead atoms. The first-order chi connectivity index (χ1) is 8.10. The maximum absolute atomic E-state index is 9.40. The summed E-state index contributed by atoms with van der Waals surface area (Å²) in [4.78, 5) is 0. The molecule has 1 atom stereocenters. The molecule has 3 heteroatoms. The van der Waals surface area contributed by atoms with Crippen LogP contribution < -0.4 is 17.0 Å². The van der Waals surface area contributed by atoms with Gasteiger partial charge in [-0.25, -0.2) is 0 Å².